The first-order chi connectivity index (χ1) is 13.2. The van der Waals surface area contributed by atoms with E-state index in [1.807, 2.05) is 30.0 Å². The maximum absolute atomic E-state index is 12.4. The number of piperazine rings is 1. The highest BCUT2D eigenvalue weighted by Gasteiger charge is 2.20. The summed E-state index contributed by atoms with van der Waals surface area (Å²) >= 11 is 0. The first kappa shape index (κ1) is 18.2. The van der Waals surface area contributed by atoms with Crippen LogP contribution in [0, 0.1) is 6.92 Å². The number of benzene rings is 1. The minimum absolute atomic E-state index is 0.177. The van der Waals surface area contributed by atoms with E-state index in [2.05, 4.69) is 27.1 Å². The SMILES string of the molecule is Cc1cc(CN2CCN(Cc3ccc(C(=O)N4CCCC4)cc3)CC2)no1. The zero-order valence-electron chi connectivity index (χ0n) is 16.1. The minimum atomic E-state index is 0.177. The molecule has 0 radical (unpaired) electrons. The summed E-state index contributed by atoms with van der Waals surface area (Å²) < 4.78 is 5.15. The van der Waals surface area contributed by atoms with Gasteiger partial charge in [0, 0.05) is 64.0 Å². The summed E-state index contributed by atoms with van der Waals surface area (Å²) in [6.45, 7) is 9.70. The zero-order chi connectivity index (χ0) is 18.6. The fraction of sp³-hybridized carbons (Fsp3) is 0.524. The van der Waals surface area contributed by atoms with Gasteiger partial charge in [-0.25, -0.2) is 0 Å². The maximum atomic E-state index is 12.4. The first-order valence-electron chi connectivity index (χ1n) is 9.92. The van der Waals surface area contributed by atoms with Crippen molar-refractivity contribution in [1.29, 1.82) is 0 Å². The van der Waals surface area contributed by atoms with Crippen LogP contribution in [0.3, 0.4) is 0 Å². The predicted octanol–water partition coefficient (Wildman–Crippen LogP) is 2.54. The Morgan fingerprint density at radius 3 is 2.19 bits per heavy atom. The van der Waals surface area contributed by atoms with Crippen molar-refractivity contribution in [2.75, 3.05) is 39.3 Å². The molecule has 6 heteroatoms. The molecule has 0 bridgehead atoms. The van der Waals surface area contributed by atoms with Gasteiger partial charge < -0.3 is 9.42 Å². The molecule has 4 rings (SSSR count). The van der Waals surface area contributed by atoms with E-state index in [4.69, 9.17) is 4.52 Å². The van der Waals surface area contributed by atoms with Crippen molar-refractivity contribution in [2.45, 2.75) is 32.9 Å². The third kappa shape index (κ3) is 4.57. The van der Waals surface area contributed by atoms with Crippen LogP contribution < -0.4 is 0 Å². The largest absolute Gasteiger partial charge is 0.361 e. The van der Waals surface area contributed by atoms with Crippen molar-refractivity contribution < 1.29 is 9.32 Å². The molecule has 1 aromatic heterocycles. The number of hydrogen-bond donors (Lipinski definition) is 0. The Labute approximate surface area is 160 Å². The van der Waals surface area contributed by atoms with Crippen LogP contribution in [0.5, 0.6) is 0 Å². The van der Waals surface area contributed by atoms with E-state index in [-0.39, 0.29) is 5.91 Å². The molecule has 0 unspecified atom stereocenters. The van der Waals surface area contributed by atoms with E-state index in [0.717, 1.165) is 82.2 Å². The minimum Gasteiger partial charge on any atom is -0.361 e. The van der Waals surface area contributed by atoms with Crippen molar-refractivity contribution in [3.05, 3.63) is 52.9 Å². The Morgan fingerprint density at radius 2 is 1.59 bits per heavy atom. The molecule has 2 aliphatic heterocycles. The summed E-state index contributed by atoms with van der Waals surface area (Å²) in [5.74, 6) is 1.05. The van der Waals surface area contributed by atoms with Crippen LogP contribution in [0.2, 0.25) is 0 Å². The molecule has 0 spiro atoms. The average Bonchev–Trinajstić information content (AvgIpc) is 3.35. The number of aryl methyl sites for hydroxylation is 1. The van der Waals surface area contributed by atoms with Crippen LogP contribution in [0.1, 0.15) is 40.2 Å². The van der Waals surface area contributed by atoms with Crippen LogP contribution >= 0.6 is 0 Å². The Kier molecular flexibility index (Phi) is 5.55. The lowest BCUT2D eigenvalue weighted by Gasteiger charge is -2.34. The lowest BCUT2D eigenvalue weighted by molar-refractivity contribution is 0.0792. The van der Waals surface area contributed by atoms with Crippen LogP contribution in [0.15, 0.2) is 34.9 Å². The highest BCUT2D eigenvalue weighted by molar-refractivity contribution is 5.94. The fourth-order valence-corrected chi connectivity index (χ4v) is 3.94. The summed E-state index contributed by atoms with van der Waals surface area (Å²) in [5, 5.41) is 4.09. The number of aromatic nitrogens is 1. The summed E-state index contributed by atoms with van der Waals surface area (Å²) in [5.41, 5.74) is 3.10. The summed E-state index contributed by atoms with van der Waals surface area (Å²) in [7, 11) is 0. The molecule has 2 fully saturated rings. The number of hydrogen-bond acceptors (Lipinski definition) is 5. The van der Waals surface area contributed by atoms with Crippen molar-refractivity contribution in [3.8, 4) is 0 Å². The molecule has 2 aliphatic rings. The Balaban J connectivity index is 1.25. The zero-order valence-corrected chi connectivity index (χ0v) is 16.1. The summed E-state index contributed by atoms with van der Waals surface area (Å²) in [6.07, 6.45) is 2.26. The van der Waals surface area contributed by atoms with Gasteiger partial charge in [0.1, 0.15) is 5.76 Å². The number of carbonyl (C=O) groups is 1. The monoisotopic (exact) mass is 368 g/mol. The molecule has 0 saturated carbocycles. The van der Waals surface area contributed by atoms with Gasteiger partial charge in [-0.1, -0.05) is 17.3 Å². The van der Waals surface area contributed by atoms with Gasteiger partial charge in [0.2, 0.25) is 0 Å². The smallest absolute Gasteiger partial charge is 0.253 e. The molecule has 0 N–H and O–H groups in total. The van der Waals surface area contributed by atoms with Gasteiger partial charge in [-0.2, -0.15) is 0 Å². The Morgan fingerprint density at radius 1 is 0.963 bits per heavy atom. The first-order valence-corrected chi connectivity index (χ1v) is 9.92. The van der Waals surface area contributed by atoms with Gasteiger partial charge in [0.25, 0.3) is 5.91 Å². The number of carbonyl (C=O) groups excluding carboxylic acids is 1. The lowest BCUT2D eigenvalue weighted by atomic mass is 10.1. The normalized spacial score (nSPS) is 18.9. The third-order valence-corrected chi connectivity index (χ3v) is 5.53. The van der Waals surface area contributed by atoms with Crippen molar-refractivity contribution in [3.63, 3.8) is 0 Å². The van der Waals surface area contributed by atoms with Crippen molar-refractivity contribution >= 4 is 5.91 Å². The summed E-state index contributed by atoms with van der Waals surface area (Å²) in [6, 6.07) is 10.2. The van der Waals surface area contributed by atoms with Crippen molar-refractivity contribution in [1.82, 2.24) is 19.9 Å². The second-order valence-electron chi connectivity index (χ2n) is 7.68. The Bertz CT molecular complexity index is 757. The molecule has 2 aromatic rings. The van der Waals surface area contributed by atoms with Gasteiger partial charge in [-0.3, -0.25) is 14.6 Å². The molecule has 6 nitrogen and oxygen atoms in total. The third-order valence-electron chi connectivity index (χ3n) is 5.53. The molecular weight excluding hydrogens is 340 g/mol. The van der Waals surface area contributed by atoms with Crippen LogP contribution in [-0.2, 0) is 13.1 Å². The van der Waals surface area contributed by atoms with E-state index in [1.165, 1.54) is 5.56 Å². The predicted molar refractivity (Wildman–Crippen MR) is 103 cm³/mol. The molecular formula is C21H28N4O2. The number of nitrogens with zero attached hydrogens (tertiary/aromatic N) is 4. The molecule has 144 valence electrons. The van der Waals surface area contributed by atoms with Crippen molar-refractivity contribution in [2.24, 2.45) is 0 Å². The van der Waals surface area contributed by atoms with E-state index >= 15 is 0 Å². The number of rotatable bonds is 5. The molecule has 0 aliphatic carbocycles. The van der Waals surface area contributed by atoms with E-state index in [1.54, 1.807) is 0 Å². The van der Waals surface area contributed by atoms with Gasteiger partial charge >= 0.3 is 0 Å². The van der Waals surface area contributed by atoms with Crippen LogP contribution in [0.25, 0.3) is 0 Å². The topological polar surface area (TPSA) is 52.8 Å². The maximum Gasteiger partial charge on any atom is 0.253 e. The van der Waals surface area contributed by atoms with E-state index < -0.39 is 0 Å². The molecule has 3 heterocycles. The quantitative estimate of drug-likeness (QED) is 0.812. The Hall–Kier alpha value is -2.18. The number of likely N-dealkylation sites (tertiary alicyclic amines) is 1. The molecule has 1 amide bonds. The van der Waals surface area contributed by atoms with Gasteiger partial charge in [-0.05, 0) is 37.5 Å². The summed E-state index contributed by atoms with van der Waals surface area (Å²) in [4.78, 5) is 19.3. The highest BCUT2D eigenvalue weighted by atomic mass is 16.5. The fourth-order valence-electron chi connectivity index (χ4n) is 3.94. The molecule has 0 atom stereocenters. The molecule has 1 aromatic carbocycles. The highest BCUT2D eigenvalue weighted by Crippen LogP contribution is 2.15. The standard InChI is InChI=1S/C21H28N4O2/c1-17-14-20(22-27-17)16-24-12-10-23(11-13-24)15-18-4-6-19(7-5-18)21(26)25-8-2-3-9-25/h4-7,14H,2-3,8-13,15-16H2,1H3. The average molecular weight is 368 g/mol. The van der Waals surface area contributed by atoms with Gasteiger partial charge in [0.05, 0.1) is 5.69 Å². The lowest BCUT2D eigenvalue weighted by Crippen LogP contribution is -2.45. The second kappa shape index (κ2) is 8.23. The van der Waals surface area contributed by atoms with Gasteiger partial charge in [0.15, 0.2) is 0 Å². The van der Waals surface area contributed by atoms with E-state index in [9.17, 15) is 4.79 Å². The van der Waals surface area contributed by atoms with Crippen LogP contribution in [0.4, 0.5) is 0 Å². The number of amides is 1. The van der Waals surface area contributed by atoms with Crippen LogP contribution in [-0.4, -0.2) is 65.0 Å². The second-order valence-corrected chi connectivity index (χ2v) is 7.68. The molecule has 2 saturated heterocycles. The molecule has 27 heavy (non-hydrogen) atoms. The van der Waals surface area contributed by atoms with E-state index in [0.29, 0.717) is 0 Å². The van der Waals surface area contributed by atoms with Gasteiger partial charge in [-0.15, -0.1) is 0 Å².